The van der Waals surface area contributed by atoms with Crippen LogP contribution in [0.3, 0.4) is 0 Å². The van der Waals surface area contributed by atoms with Gasteiger partial charge in [-0.1, -0.05) is 30.5 Å². The van der Waals surface area contributed by atoms with Gasteiger partial charge in [-0.3, -0.25) is 0 Å². The standard InChI is InChI=1S/C15H19ClN2/c16-11-5-6-12-14(9-18-15(12)7-11)13(8-17)10-3-1-2-4-10/h5-7,9-10,13,18H,1-4,8,17H2. The number of benzene rings is 1. The first kappa shape index (κ1) is 12.1. The van der Waals surface area contributed by atoms with Crippen molar-refractivity contribution in [2.75, 3.05) is 6.54 Å². The zero-order chi connectivity index (χ0) is 12.5. The van der Waals surface area contributed by atoms with Crippen LogP contribution >= 0.6 is 11.6 Å². The number of nitrogens with two attached hydrogens (primary N) is 1. The molecule has 1 heterocycles. The maximum absolute atomic E-state index is 6.02. The molecule has 2 nitrogen and oxygen atoms in total. The van der Waals surface area contributed by atoms with Gasteiger partial charge >= 0.3 is 0 Å². The van der Waals surface area contributed by atoms with Crippen molar-refractivity contribution in [3.8, 4) is 0 Å². The van der Waals surface area contributed by atoms with Gasteiger partial charge in [-0.25, -0.2) is 0 Å². The molecule has 0 bridgehead atoms. The molecule has 3 rings (SSSR count). The van der Waals surface area contributed by atoms with Gasteiger partial charge in [0.25, 0.3) is 0 Å². The molecule has 1 aliphatic rings. The largest absolute Gasteiger partial charge is 0.361 e. The lowest BCUT2D eigenvalue weighted by Gasteiger charge is -2.21. The van der Waals surface area contributed by atoms with Gasteiger partial charge in [0.15, 0.2) is 0 Å². The topological polar surface area (TPSA) is 41.8 Å². The van der Waals surface area contributed by atoms with Crippen LogP contribution in [0.5, 0.6) is 0 Å². The highest BCUT2D eigenvalue weighted by Gasteiger charge is 2.26. The van der Waals surface area contributed by atoms with E-state index in [0.717, 1.165) is 23.0 Å². The number of nitrogens with one attached hydrogen (secondary N) is 1. The molecule has 0 spiro atoms. The molecule has 2 aromatic rings. The van der Waals surface area contributed by atoms with E-state index in [1.807, 2.05) is 12.1 Å². The molecule has 96 valence electrons. The number of hydrogen-bond acceptors (Lipinski definition) is 1. The molecule has 0 radical (unpaired) electrons. The van der Waals surface area contributed by atoms with Crippen LogP contribution in [0.4, 0.5) is 0 Å². The van der Waals surface area contributed by atoms with E-state index in [2.05, 4.69) is 17.2 Å². The lowest BCUT2D eigenvalue weighted by atomic mass is 9.85. The van der Waals surface area contributed by atoms with Gasteiger partial charge in [0.1, 0.15) is 0 Å². The lowest BCUT2D eigenvalue weighted by Crippen LogP contribution is -2.19. The molecule has 3 heteroatoms. The number of halogens is 1. The Hall–Kier alpha value is -0.990. The summed E-state index contributed by atoms with van der Waals surface area (Å²) in [5, 5.41) is 2.06. The Balaban J connectivity index is 2.01. The van der Waals surface area contributed by atoms with E-state index >= 15 is 0 Å². The van der Waals surface area contributed by atoms with Crippen LogP contribution in [-0.2, 0) is 0 Å². The van der Waals surface area contributed by atoms with E-state index < -0.39 is 0 Å². The fourth-order valence-corrected chi connectivity index (χ4v) is 3.53. The minimum absolute atomic E-state index is 0.488. The van der Waals surface area contributed by atoms with Crippen LogP contribution in [-0.4, -0.2) is 11.5 Å². The van der Waals surface area contributed by atoms with Gasteiger partial charge in [-0.2, -0.15) is 0 Å². The van der Waals surface area contributed by atoms with Crippen molar-refractivity contribution in [1.82, 2.24) is 4.98 Å². The molecule has 1 saturated carbocycles. The molecule has 1 aromatic carbocycles. The summed E-state index contributed by atoms with van der Waals surface area (Å²) in [4.78, 5) is 3.33. The Morgan fingerprint density at radius 2 is 2.11 bits per heavy atom. The van der Waals surface area contributed by atoms with Crippen molar-refractivity contribution in [3.05, 3.63) is 35.0 Å². The second-order valence-electron chi connectivity index (χ2n) is 5.32. The molecule has 1 fully saturated rings. The summed E-state index contributed by atoms with van der Waals surface area (Å²) in [5.41, 5.74) is 8.52. The molecule has 0 saturated heterocycles. The Kier molecular flexibility index (Phi) is 3.31. The van der Waals surface area contributed by atoms with E-state index in [9.17, 15) is 0 Å². The van der Waals surface area contributed by atoms with Crippen LogP contribution in [0.25, 0.3) is 10.9 Å². The first-order chi connectivity index (χ1) is 8.79. The first-order valence-electron chi connectivity index (χ1n) is 6.76. The third kappa shape index (κ3) is 2.04. The van der Waals surface area contributed by atoms with Crippen molar-refractivity contribution >= 4 is 22.5 Å². The zero-order valence-corrected chi connectivity index (χ0v) is 11.2. The third-order valence-electron chi connectivity index (χ3n) is 4.30. The van der Waals surface area contributed by atoms with Gasteiger partial charge in [0.2, 0.25) is 0 Å². The summed E-state index contributed by atoms with van der Waals surface area (Å²) in [5.74, 6) is 1.24. The van der Waals surface area contributed by atoms with E-state index in [1.165, 1.54) is 36.6 Å². The van der Waals surface area contributed by atoms with Crippen molar-refractivity contribution in [3.63, 3.8) is 0 Å². The number of rotatable bonds is 3. The average Bonchev–Trinajstić information content (AvgIpc) is 3.00. The summed E-state index contributed by atoms with van der Waals surface area (Å²) in [6, 6.07) is 6.06. The highest BCUT2D eigenvalue weighted by molar-refractivity contribution is 6.31. The maximum Gasteiger partial charge on any atom is 0.0471 e. The first-order valence-corrected chi connectivity index (χ1v) is 7.14. The molecule has 0 amide bonds. The van der Waals surface area contributed by atoms with Crippen molar-refractivity contribution in [2.45, 2.75) is 31.6 Å². The van der Waals surface area contributed by atoms with Crippen LogP contribution in [0.1, 0.15) is 37.2 Å². The quantitative estimate of drug-likeness (QED) is 0.861. The van der Waals surface area contributed by atoms with Gasteiger partial charge in [0.05, 0.1) is 0 Å². The fourth-order valence-electron chi connectivity index (χ4n) is 3.36. The summed E-state index contributed by atoms with van der Waals surface area (Å²) < 4.78 is 0. The van der Waals surface area contributed by atoms with Crippen molar-refractivity contribution < 1.29 is 0 Å². The molecule has 1 unspecified atom stereocenters. The zero-order valence-electron chi connectivity index (χ0n) is 10.5. The normalized spacial score (nSPS) is 18.6. The molecule has 18 heavy (non-hydrogen) atoms. The number of fused-ring (bicyclic) bond motifs is 1. The van der Waals surface area contributed by atoms with Crippen LogP contribution in [0, 0.1) is 5.92 Å². The lowest BCUT2D eigenvalue weighted by molar-refractivity contribution is 0.442. The molecule has 1 aliphatic carbocycles. The summed E-state index contributed by atoms with van der Waals surface area (Å²) in [7, 11) is 0. The van der Waals surface area contributed by atoms with Gasteiger partial charge < -0.3 is 10.7 Å². The number of H-pyrrole nitrogens is 1. The molecule has 1 aromatic heterocycles. The SMILES string of the molecule is NCC(c1c[nH]c2cc(Cl)ccc12)C1CCCC1. The Morgan fingerprint density at radius 1 is 1.33 bits per heavy atom. The van der Waals surface area contributed by atoms with Crippen LogP contribution in [0.15, 0.2) is 24.4 Å². The highest BCUT2D eigenvalue weighted by atomic mass is 35.5. The fraction of sp³-hybridized carbons (Fsp3) is 0.467. The van der Waals surface area contributed by atoms with E-state index in [0.29, 0.717) is 5.92 Å². The smallest absolute Gasteiger partial charge is 0.0471 e. The van der Waals surface area contributed by atoms with Gasteiger partial charge in [-0.15, -0.1) is 0 Å². The monoisotopic (exact) mass is 262 g/mol. The summed E-state index contributed by atoms with van der Waals surface area (Å²) in [6.45, 7) is 0.736. The number of aromatic nitrogens is 1. The summed E-state index contributed by atoms with van der Waals surface area (Å²) >= 11 is 6.02. The van der Waals surface area contributed by atoms with Gasteiger partial charge in [0, 0.05) is 28.0 Å². The van der Waals surface area contributed by atoms with Gasteiger partial charge in [-0.05, 0) is 43.0 Å². The highest BCUT2D eigenvalue weighted by Crippen LogP contribution is 2.39. The van der Waals surface area contributed by atoms with E-state index in [4.69, 9.17) is 17.3 Å². The number of aromatic amines is 1. The molecular formula is C15H19ClN2. The molecule has 0 aliphatic heterocycles. The Morgan fingerprint density at radius 3 is 2.83 bits per heavy atom. The maximum atomic E-state index is 6.02. The summed E-state index contributed by atoms with van der Waals surface area (Å²) in [6.07, 6.45) is 7.48. The second kappa shape index (κ2) is 4.94. The Bertz CT molecular complexity index is 540. The third-order valence-corrected chi connectivity index (χ3v) is 4.53. The average molecular weight is 263 g/mol. The predicted octanol–water partition coefficient (Wildman–Crippen LogP) is 4.05. The van der Waals surface area contributed by atoms with Crippen molar-refractivity contribution in [2.24, 2.45) is 11.7 Å². The van der Waals surface area contributed by atoms with Crippen LogP contribution in [0.2, 0.25) is 5.02 Å². The Labute approximate surface area is 113 Å². The van der Waals surface area contributed by atoms with E-state index in [1.54, 1.807) is 0 Å². The molecule has 3 N–H and O–H groups in total. The molecule has 1 atom stereocenters. The predicted molar refractivity (Wildman–Crippen MR) is 77.1 cm³/mol. The number of hydrogen-bond donors (Lipinski definition) is 2. The minimum Gasteiger partial charge on any atom is -0.361 e. The van der Waals surface area contributed by atoms with Crippen LogP contribution < -0.4 is 5.73 Å². The minimum atomic E-state index is 0.488. The van der Waals surface area contributed by atoms with E-state index in [-0.39, 0.29) is 0 Å². The second-order valence-corrected chi connectivity index (χ2v) is 5.76. The van der Waals surface area contributed by atoms with Crippen molar-refractivity contribution in [1.29, 1.82) is 0 Å². The molecular weight excluding hydrogens is 244 g/mol.